The highest BCUT2D eigenvalue weighted by Crippen LogP contribution is 2.29. The monoisotopic (exact) mass is 450 g/mol. The summed E-state index contributed by atoms with van der Waals surface area (Å²) in [5.74, 6) is 0.376. The molecule has 0 radical (unpaired) electrons. The van der Waals surface area contributed by atoms with Crippen molar-refractivity contribution in [1.82, 2.24) is 14.7 Å². The Morgan fingerprint density at radius 2 is 1.91 bits per heavy atom. The van der Waals surface area contributed by atoms with Gasteiger partial charge in [-0.25, -0.2) is 4.39 Å². The van der Waals surface area contributed by atoms with Gasteiger partial charge in [0.2, 0.25) is 11.7 Å². The van der Waals surface area contributed by atoms with Crippen molar-refractivity contribution in [2.45, 2.75) is 6.54 Å². The number of halogens is 1. The van der Waals surface area contributed by atoms with Crippen molar-refractivity contribution in [3.8, 4) is 34.3 Å². The van der Waals surface area contributed by atoms with E-state index in [4.69, 9.17) is 14.0 Å². The van der Waals surface area contributed by atoms with Crippen molar-refractivity contribution in [3.05, 3.63) is 77.0 Å². The molecule has 4 rings (SSSR count). The summed E-state index contributed by atoms with van der Waals surface area (Å²) in [6.07, 6.45) is 1.48. The SMILES string of the molecule is COc1ccc(NC(=O)Cn2cccc(-c3nc(-c4ccc(F)cc4)no3)c2=O)c(OC)c1. The summed E-state index contributed by atoms with van der Waals surface area (Å²) >= 11 is 0. The zero-order valence-corrected chi connectivity index (χ0v) is 17.7. The van der Waals surface area contributed by atoms with Crippen molar-refractivity contribution in [1.29, 1.82) is 0 Å². The Balaban J connectivity index is 1.54. The third-order valence-corrected chi connectivity index (χ3v) is 4.78. The molecular formula is C23H19FN4O5. The minimum atomic E-state index is -0.483. The number of pyridine rings is 1. The number of carbonyl (C=O) groups excluding carboxylic acids is 1. The van der Waals surface area contributed by atoms with Gasteiger partial charge in [-0.3, -0.25) is 9.59 Å². The summed E-state index contributed by atoms with van der Waals surface area (Å²) in [6.45, 7) is -0.249. The Morgan fingerprint density at radius 1 is 1.12 bits per heavy atom. The summed E-state index contributed by atoms with van der Waals surface area (Å²) in [5, 5.41) is 6.57. The van der Waals surface area contributed by atoms with Crippen molar-refractivity contribution in [3.63, 3.8) is 0 Å². The van der Waals surface area contributed by atoms with Gasteiger partial charge >= 0.3 is 0 Å². The molecule has 0 atom stereocenters. The number of amides is 1. The van der Waals surface area contributed by atoms with Crippen LogP contribution in [0.5, 0.6) is 11.5 Å². The van der Waals surface area contributed by atoms with E-state index in [-0.39, 0.29) is 29.6 Å². The second-order valence-electron chi connectivity index (χ2n) is 6.90. The smallest absolute Gasteiger partial charge is 0.263 e. The quantitative estimate of drug-likeness (QED) is 0.460. The molecule has 0 saturated heterocycles. The Hall–Kier alpha value is -4.47. The number of benzene rings is 2. The lowest BCUT2D eigenvalue weighted by Crippen LogP contribution is -2.28. The van der Waals surface area contributed by atoms with Crippen molar-refractivity contribution >= 4 is 11.6 Å². The normalized spacial score (nSPS) is 10.6. The van der Waals surface area contributed by atoms with E-state index in [2.05, 4.69) is 15.5 Å². The molecule has 0 fully saturated rings. The molecule has 0 bridgehead atoms. The number of anilines is 1. The molecule has 0 saturated carbocycles. The highest BCUT2D eigenvalue weighted by Gasteiger charge is 2.17. The van der Waals surface area contributed by atoms with E-state index in [1.165, 1.54) is 55.3 Å². The van der Waals surface area contributed by atoms with Gasteiger partial charge in [0.05, 0.1) is 19.9 Å². The van der Waals surface area contributed by atoms with Crippen LogP contribution in [0.4, 0.5) is 10.1 Å². The third-order valence-electron chi connectivity index (χ3n) is 4.78. The van der Waals surface area contributed by atoms with Crippen molar-refractivity contribution < 1.29 is 23.2 Å². The highest BCUT2D eigenvalue weighted by atomic mass is 19.1. The summed E-state index contributed by atoms with van der Waals surface area (Å²) < 4.78 is 30.0. The molecule has 10 heteroatoms. The lowest BCUT2D eigenvalue weighted by Gasteiger charge is -2.12. The van der Waals surface area contributed by atoms with Crippen molar-refractivity contribution in [2.75, 3.05) is 19.5 Å². The molecule has 9 nitrogen and oxygen atoms in total. The van der Waals surface area contributed by atoms with E-state index in [0.29, 0.717) is 22.7 Å². The Labute approximate surface area is 187 Å². The third kappa shape index (κ3) is 4.74. The first-order valence-electron chi connectivity index (χ1n) is 9.80. The average Bonchev–Trinajstić information content (AvgIpc) is 3.31. The summed E-state index contributed by atoms with van der Waals surface area (Å²) in [5.41, 5.74) is 0.626. The molecule has 0 aliphatic rings. The van der Waals surface area contributed by atoms with Gasteiger partial charge in [0.25, 0.3) is 11.4 Å². The molecule has 0 aliphatic heterocycles. The number of rotatable bonds is 7. The predicted octanol–water partition coefficient (Wildman–Crippen LogP) is 3.36. The van der Waals surface area contributed by atoms with Gasteiger partial charge < -0.3 is 23.9 Å². The molecule has 1 amide bonds. The van der Waals surface area contributed by atoms with E-state index in [1.807, 2.05) is 0 Å². The number of methoxy groups -OCH3 is 2. The van der Waals surface area contributed by atoms with Crippen LogP contribution in [0.3, 0.4) is 0 Å². The fraction of sp³-hybridized carbons (Fsp3) is 0.130. The minimum absolute atomic E-state index is 0.00842. The topological polar surface area (TPSA) is 108 Å². The van der Waals surface area contributed by atoms with Gasteiger partial charge in [0, 0.05) is 17.8 Å². The molecule has 2 heterocycles. The van der Waals surface area contributed by atoms with Crippen LogP contribution >= 0.6 is 0 Å². The molecule has 2 aromatic heterocycles. The summed E-state index contributed by atoms with van der Waals surface area (Å²) in [6, 6.07) is 13.6. The van der Waals surface area contributed by atoms with E-state index in [1.54, 1.807) is 24.3 Å². The molecule has 0 aliphatic carbocycles. The molecule has 1 N–H and O–H groups in total. The first-order valence-corrected chi connectivity index (χ1v) is 9.80. The number of ether oxygens (including phenoxy) is 2. The molecule has 168 valence electrons. The number of nitrogens with one attached hydrogen (secondary N) is 1. The fourth-order valence-electron chi connectivity index (χ4n) is 3.12. The number of hydrogen-bond donors (Lipinski definition) is 1. The minimum Gasteiger partial charge on any atom is -0.497 e. The first kappa shape index (κ1) is 21.8. The maximum absolute atomic E-state index is 13.1. The molecule has 4 aromatic rings. The zero-order valence-electron chi connectivity index (χ0n) is 17.7. The van der Waals surface area contributed by atoms with Crippen molar-refractivity contribution in [2.24, 2.45) is 0 Å². The van der Waals surface area contributed by atoms with E-state index in [0.717, 1.165) is 0 Å². The first-order chi connectivity index (χ1) is 16.0. The van der Waals surface area contributed by atoms with Crippen LogP contribution in [-0.4, -0.2) is 34.8 Å². The average molecular weight is 450 g/mol. The largest absolute Gasteiger partial charge is 0.497 e. The summed E-state index contributed by atoms with van der Waals surface area (Å²) in [7, 11) is 3.00. The lowest BCUT2D eigenvalue weighted by molar-refractivity contribution is -0.116. The number of carbonyl (C=O) groups is 1. The van der Waals surface area contributed by atoms with Gasteiger partial charge in [0.15, 0.2) is 0 Å². The molecular weight excluding hydrogens is 431 g/mol. The van der Waals surface area contributed by atoms with E-state index >= 15 is 0 Å². The van der Waals surface area contributed by atoms with Crippen LogP contribution in [0, 0.1) is 5.82 Å². The highest BCUT2D eigenvalue weighted by molar-refractivity contribution is 5.92. The van der Waals surface area contributed by atoms with Crippen LogP contribution < -0.4 is 20.3 Å². The standard InChI is InChI=1S/C23H19FN4O5/c1-31-16-9-10-18(19(12-16)32-2)25-20(29)13-28-11-3-4-17(23(28)30)22-26-21(27-33-22)14-5-7-15(24)8-6-14/h3-12H,13H2,1-2H3,(H,25,29). The maximum atomic E-state index is 13.1. The lowest BCUT2D eigenvalue weighted by atomic mass is 10.2. The molecule has 0 spiro atoms. The fourth-order valence-corrected chi connectivity index (χ4v) is 3.12. The maximum Gasteiger partial charge on any atom is 0.263 e. The van der Waals surface area contributed by atoms with Crippen LogP contribution in [0.15, 0.2) is 70.1 Å². The van der Waals surface area contributed by atoms with E-state index < -0.39 is 11.5 Å². The van der Waals surface area contributed by atoms with Gasteiger partial charge in [-0.1, -0.05) is 5.16 Å². The molecule has 0 unspecified atom stereocenters. The van der Waals surface area contributed by atoms with E-state index in [9.17, 15) is 14.0 Å². The predicted molar refractivity (Wildman–Crippen MR) is 118 cm³/mol. The van der Waals surface area contributed by atoms with Crippen LogP contribution in [0.1, 0.15) is 0 Å². The Morgan fingerprint density at radius 3 is 2.64 bits per heavy atom. The van der Waals surface area contributed by atoms with Crippen LogP contribution in [0.25, 0.3) is 22.8 Å². The zero-order chi connectivity index (χ0) is 23.4. The Bertz CT molecular complexity index is 1350. The molecule has 33 heavy (non-hydrogen) atoms. The summed E-state index contributed by atoms with van der Waals surface area (Å²) in [4.78, 5) is 29.7. The van der Waals surface area contributed by atoms with Crippen LogP contribution in [-0.2, 0) is 11.3 Å². The van der Waals surface area contributed by atoms with Gasteiger partial charge in [-0.2, -0.15) is 4.98 Å². The van der Waals surface area contributed by atoms with Crippen LogP contribution in [0.2, 0.25) is 0 Å². The Kier molecular flexibility index (Phi) is 6.16. The van der Waals surface area contributed by atoms with Gasteiger partial charge in [0.1, 0.15) is 29.4 Å². The number of hydrogen-bond acceptors (Lipinski definition) is 7. The van der Waals surface area contributed by atoms with Gasteiger partial charge in [-0.15, -0.1) is 0 Å². The second kappa shape index (κ2) is 9.35. The number of nitrogens with zero attached hydrogens (tertiary/aromatic N) is 3. The van der Waals surface area contributed by atoms with Gasteiger partial charge in [-0.05, 0) is 48.5 Å². The molecule has 2 aromatic carbocycles. The second-order valence-corrected chi connectivity index (χ2v) is 6.90. The number of aromatic nitrogens is 3.